The number of likely N-dealkylation sites (tertiary alicyclic amines) is 1. The molecule has 1 saturated heterocycles. The molecule has 12 heteroatoms. The molecular weight excluding hydrogens is 492 g/mol. The maximum Gasteiger partial charge on any atom is 0.326 e. The van der Waals surface area contributed by atoms with Crippen LogP contribution in [0.4, 0.5) is 0 Å². The van der Waals surface area contributed by atoms with Crippen molar-refractivity contribution in [1.29, 1.82) is 0 Å². The van der Waals surface area contributed by atoms with E-state index < -0.39 is 59.8 Å². The second-order valence-corrected chi connectivity index (χ2v) is 10.7. The molecule has 0 aromatic heterocycles. The summed E-state index contributed by atoms with van der Waals surface area (Å²) in [5.74, 6) is -3.12. The average molecular weight is 541 g/mol. The quantitative estimate of drug-likeness (QED) is 0.148. The van der Waals surface area contributed by atoms with E-state index in [-0.39, 0.29) is 11.8 Å². The smallest absolute Gasteiger partial charge is 0.326 e. The van der Waals surface area contributed by atoms with Crippen LogP contribution in [0.5, 0.6) is 0 Å². The minimum Gasteiger partial charge on any atom is -0.480 e. The van der Waals surface area contributed by atoms with Crippen molar-refractivity contribution in [3.8, 4) is 0 Å². The first-order valence-electron chi connectivity index (χ1n) is 13.7. The third kappa shape index (κ3) is 10.2. The highest BCUT2D eigenvalue weighted by molar-refractivity contribution is 5.95. The summed E-state index contributed by atoms with van der Waals surface area (Å²) in [6, 6.07) is -4.47. The maximum atomic E-state index is 13.2. The lowest BCUT2D eigenvalue weighted by atomic mass is 9.98. The van der Waals surface area contributed by atoms with E-state index in [9.17, 15) is 29.1 Å². The van der Waals surface area contributed by atoms with Crippen LogP contribution < -0.4 is 27.4 Å². The van der Waals surface area contributed by atoms with E-state index in [2.05, 4.69) is 16.0 Å². The molecule has 0 aromatic rings. The Morgan fingerprint density at radius 3 is 2.21 bits per heavy atom. The summed E-state index contributed by atoms with van der Waals surface area (Å²) in [5, 5.41) is 17.5. The van der Waals surface area contributed by atoms with Gasteiger partial charge in [-0.05, 0) is 63.8 Å². The molecule has 0 aliphatic carbocycles. The van der Waals surface area contributed by atoms with Crippen LogP contribution in [-0.2, 0) is 24.0 Å². The third-order valence-electron chi connectivity index (χ3n) is 6.99. The van der Waals surface area contributed by atoms with Gasteiger partial charge in [-0.2, -0.15) is 0 Å². The standard InChI is InChI=1S/C26H48N6O6/c1-6-16(4)21(26(37)38)31-24(35)20-11-9-13-32(20)25(36)17(5)29-23(34)19(10-7-8-12-27)30-22(33)18(28)14-15(2)3/h15-21H,6-14,27-28H2,1-5H3,(H,29,34)(H,30,33)(H,31,35)(H,37,38)/t16-,17-,18-,19-,20-,21-/m0/s1. The molecule has 1 fully saturated rings. The first-order chi connectivity index (χ1) is 17.8. The molecule has 0 bridgehead atoms. The van der Waals surface area contributed by atoms with Crippen molar-refractivity contribution in [3.63, 3.8) is 0 Å². The topological polar surface area (TPSA) is 197 Å². The van der Waals surface area contributed by atoms with E-state index in [0.29, 0.717) is 58.0 Å². The van der Waals surface area contributed by atoms with Crippen LogP contribution in [0.2, 0.25) is 0 Å². The van der Waals surface area contributed by atoms with E-state index in [1.807, 2.05) is 20.8 Å². The molecule has 0 spiro atoms. The zero-order valence-electron chi connectivity index (χ0n) is 23.5. The van der Waals surface area contributed by atoms with Crippen LogP contribution in [-0.4, -0.2) is 82.9 Å². The van der Waals surface area contributed by atoms with Gasteiger partial charge in [-0.25, -0.2) is 4.79 Å². The molecule has 1 aliphatic heterocycles. The molecule has 0 saturated carbocycles. The van der Waals surface area contributed by atoms with Gasteiger partial charge in [-0.15, -0.1) is 0 Å². The fourth-order valence-electron chi connectivity index (χ4n) is 4.52. The Hall–Kier alpha value is -2.73. The normalized spacial score (nSPS) is 19.3. The number of carbonyl (C=O) groups excluding carboxylic acids is 4. The highest BCUT2D eigenvalue weighted by atomic mass is 16.4. The Morgan fingerprint density at radius 1 is 1.00 bits per heavy atom. The number of rotatable bonds is 16. The number of carboxylic acids is 1. The molecule has 12 nitrogen and oxygen atoms in total. The number of unbranched alkanes of at least 4 members (excludes halogenated alkanes) is 1. The zero-order valence-corrected chi connectivity index (χ0v) is 23.5. The van der Waals surface area contributed by atoms with Crippen molar-refractivity contribution in [2.45, 2.75) is 110 Å². The first-order valence-corrected chi connectivity index (χ1v) is 13.7. The first kappa shape index (κ1) is 33.3. The summed E-state index contributed by atoms with van der Waals surface area (Å²) in [4.78, 5) is 64.8. The Morgan fingerprint density at radius 2 is 1.66 bits per heavy atom. The van der Waals surface area contributed by atoms with E-state index in [1.165, 1.54) is 11.8 Å². The van der Waals surface area contributed by atoms with Gasteiger partial charge in [0.05, 0.1) is 6.04 Å². The molecule has 1 rings (SSSR count). The summed E-state index contributed by atoms with van der Waals surface area (Å²) in [6.45, 7) is 9.77. The Bertz CT molecular complexity index is 822. The average Bonchev–Trinajstić information content (AvgIpc) is 3.34. The minimum absolute atomic E-state index is 0.208. The minimum atomic E-state index is -1.12. The number of aliphatic carboxylic acids is 1. The summed E-state index contributed by atoms with van der Waals surface area (Å²) in [7, 11) is 0. The SMILES string of the molecule is CC[C@H](C)[C@H](NC(=O)[C@@H]1CCCN1C(=O)[C@H](C)NC(=O)[C@H](CCCCN)NC(=O)[C@@H](N)CC(C)C)C(=O)O. The summed E-state index contributed by atoms with van der Waals surface area (Å²) in [6.07, 6.45) is 3.63. The largest absolute Gasteiger partial charge is 0.480 e. The number of amides is 4. The van der Waals surface area contributed by atoms with Gasteiger partial charge < -0.3 is 37.4 Å². The Labute approximate surface area is 226 Å². The zero-order chi connectivity index (χ0) is 29.0. The molecule has 1 heterocycles. The summed E-state index contributed by atoms with van der Waals surface area (Å²) >= 11 is 0. The molecule has 0 unspecified atom stereocenters. The van der Waals surface area contributed by atoms with Crippen LogP contribution in [0, 0.1) is 11.8 Å². The van der Waals surface area contributed by atoms with Gasteiger partial charge in [0.25, 0.3) is 0 Å². The second-order valence-electron chi connectivity index (χ2n) is 10.7. The molecular formula is C26H48N6O6. The van der Waals surface area contributed by atoms with Crippen LogP contribution in [0.3, 0.4) is 0 Å². The fraction of sp³-hybridized carbons (Fsp3) is 0.808. The lowest BCUT2D eigenvalue weighted by Crippen LogP contribution is -2.58. The van der Waals surface area contributed by atoms with Crippen molar-refractivity contribution in [1.82, 2.24) is 20.9 Å². The van der Waals surface area contributed by atoms with E-state index in [4.69, 9.17) is 11.5 Å². The number of nitrogens with one attached hydrogen (secondary N) is 3. The van der Waals surface area contributed by atoms with Crippen molar-refractivity contribution < 1.29 is 29.1 Å². The highest BCUT2D eigenvalue weighted by Crippen LogP contribution is 2.20. The van der Waals surface area contributed by atoms with Crippen LogP contribution in [0.25, 0.3) is 0 Å². The van der Waals surface area contributed by atoms with E-state index in [1.54, 1.807) is 6.92 Å². The monoisotopic (exact) mass is 540 g/mol. The molecule has 8 N–H and O–H groups in total. The van der Waals surface area contributed by atoms with Crippen molar-refractivity contribution in [2.24, 2.45) is 23.3 Å². The Kier molecular flexibility index (Phi) is 14.3. The molecule has 0 radical (unpaired) electrons. The van der Waals surface area contributed by atoms with E-state index in [0.717, 1.165) is 0 Å². The van der Waals surface area contributed by atoms with Gasteiger partial charge >= 0.3 is 5.97 Å². The van der Waals surface area contributed by atoms with E-state index >= 15 is 0 Å². The fourth-order valence-corrected chi connectivity index (χ4v) is 4.52. The summed E-state index contributed by atoms with van der Waals surface area (Å²) < 4.78 is 0. The van der Waals surface area contributed by atoms with Gasteiger partial charge in [0, 0.05) is 6.54 Å². The lowest BCUT2D eigenvalue weighted by molar-refractivity contribution is -0.145. The number of hydrogen-bond donors (Lipinski definition) is 6. The molecule has 218 valence electrons. The number of nitrogens with two attached hydrogens (primary N) is 2. The van der Waals surface area contributed by atoms with Crippen molar-refractivity contribution in [2.75, 3.05) is 13.1 Å². The van der Waals surface area contributed by atoms with Crippen LogP contribution >= 0.6 is 0 Å². The van der Waals surface area contributed by atoms with Gasteiger partial charge in [0.1, 0.15) is 24.2 Å². The van der Waals surface area contributed by atoms with Gasteiger partial charge in [0.15, 0.2) is 0 Å². The molecule has 1 aliphatic rings. The number of carbonyl (C=O) groups is 5. The third-order valence-corrected chi connectivity index (χ3v) is 6.99. The molecule has 4 amide bonds. The Balaban J connectivity index is 2.88. The molecule has 38 heavy (non-hydrogen) atoms. The maximum absolute atomic E-state index is 13.2. The van der Waals surface area contributed by atoms with Crippen LogP contribution in [0.15, 0.2) is 0 Å². The number of carboxylic acid groups (broad SMARTS) is 1. The lowest BCUT2D eigenvalue weighted by Gasteiger charge is -2.30. The van der Waals surface area contributed by atoms with Gasteiger partial charge in [-0.3, -0.25) is 19.2 Å². The predicted octanol–water partition coefficient (Wildman–Crippen LogP) is 0.0848. The van der Waals surface area contributed by atoms with Crippen LogP contribution in [0.1, 0.15) is 79.6 Å². The highest BCUT2D eigenvalue weighted by Gasteiger charge is 2.39. The second kappa shape index (κ2) is 16.3. The summed E-state index contributed by atoms with van der Waals surface area (Å²) in [5.41, 5.74) is 11.5. The number of nitrogens with zero attached hydrogens (tertiary/aromatic N) is 1. The van der Waals surface area contributed by atoms with Gasteiger partial charge in [-0.1, -0.05) is 34.1 Å². The molecule has 0 aromatic carbocycles. The van der Waals surface area contributed by atoms with Crippen molar-refractivity contribution in [3.05, 3.63) is 0 Å². The number of hydrogen-bond acceptors (Lipinski definition) is 7. The molecule has 6 atom stereocenters. The van der Waals surface area contributed by atoms with Gasteiger partial charge in [0.2, 0.25) is 23.6 Å². The van der Waals surface area contributed by atoms with Crippen molar-refractivity contribution >= 4 is 29.6 Å². The predicted molar refractivity (Wildman–Crippen MR) is 144 cm³/mol.